The van der Waals surface area contributed by atoms with Gasteiger partial charge in [-0.15, -0.1) is 0 Å². The number of piperazine rings is 1. The Bertz CT molecular complexity index is 753. The third-order valence-corrected chi connectivity index (χ3v) is 4.50. The number of nitrogens with zero attached hydrogens (tertiary/aromatic N) is 1. The number of aromatic amines is 1. The van der Waals surface area contributed by atoms with Gasteiger partial charge in [-0.25, -0.2) is 0 Å². The number of hydrogen-bond donors (Lipinski definition) is 2. The highest BCUT2D eigenvalue weighted by molar-refractivity contribution is 6.07. The molecule has 1 fully saturated rings. The summed E-state index contributed by atoms with van der Waals surface area (Å²) in [6.07, 6.45) is 1.13. The van der Waals surface area contributed by atoms with E-state index in [0.29, 0.717) is 0 Å². The molecule has 1 aliphatic rings. The molecular formula is C18H21N3. The fourth-order valence-corrected chi connectivity index (χ4v) is 3.27. The van der Waals surface area contributed by atoms with Crippen LogP contribution >= 0.6 is 0 Å². The van der Waals surface area contributed by atoms with Crippen LogP contribution in [0.5, 0.6) is 0 Å². The fourth-order valence-electron chi connectivity index (χ4n) is 3.27. The molecule has 2 N–H and O–H groups in total. The number of nitrogens with one attached hydrogen (secondary N) is 2. The third-order valence-electron chi connectivity index (χ3n) is 4.50. The Morgan fingerprint density at radius 2 is 1.71 bits per heavy atom. The van der Waals surface area contributed by atoms with Crippen molar-refractivity contribution in [3.8, 4) is 0 Å². The first-order valence-corrected chi connectivity index (χ1v) is 7.82. The first kappa shape index (κ1) is 12.9. The molecule has 0 spiro atoms. The number of rotatable bonds is 3. The van der Waals surface area contributed by atoms with Crippen molar-refractivity contribution < 1.29 is 0 Å². The van der Waals surface area contributed by atoms with E-state index in [1.807, 2.05) is 0 Å². The highest BCUT2D eigenvalue weighted by atomic mass is 15.2. The van der Waals surface area contributed by atoms with Crippen LogP contribution in [0.2, 0.25) is 0 Å². The van der Waals surface area contributed by atoms with E-state index in [9.17, 15) is 0 Å². The van der Waals surface area contributed by atoms with E-state index < -0.39 is 0 Å². The summed E-state index contributed by atoms with van der Waals surface area (Å²) in [4.78, 5) is 6.04. The maximum atomic E-state index is 3.49. The van der Waals surface area contributed by atoms with E-state index >= 15 is 0 Å². The summed E-state index contributed by atoms with van der Waals surface area (Å²) >= 11 is 0. The molecule has 0 saturated carbocycles. The van der Waals surface area contributed by atoms with Crippen molar-refractivity contribution in [2.24, 2.45) is 0 Å². The average Bonchev–Trinajstić information content (AvgIpc) is 2.92. The molecule has 0 aliphatic carbocycles. The van der Waals surface area contributed by atoms with Crippen molar-refractivity contribution in [3.05, 3.63) is 48.0 Å². The minimum Gasteiger partial charge on any atom is -0.355 e. The lowest BCUT2D eigenvalue weighted by Gasteiger charge is -2.27. The number of hydrogen-bond acceptors (Lipinski definition) is 2. The van der Waals surface area contributed by atoms with Gasteiger partial charge in [0.25, 0.3) is 0 Å². The minimum absolute atomic E-state index is 1.13. The van der Waals surface area contributed by atoms with Crippen LogP contribution in [-0.4, -0.2) is 42.6 Å². The first-order valence-electron chi connectivity index (χ1n) is 7.82. The van der Waals surface area contributed by atoms with E-state index in [1.165, 1.54) is 40.5 Å². The van der Waals surface area contributed by atoms with Gasteiger partial charge in [-0.3, -0.25) is 0 Å². The molecule has 2 heterocycles. The van der Waals surface area contributed by atoms with Crippen LogP contribution < -0.4 is 5.32 Å². The van der Waals surface area contributed by atoms with Crippen molar-refractivity contribution in [1.82, 2.24) is 15.2 Å². The maximum absolute atomic E-state index is 3.49. The van der Waals surface area contributed by atoms with Crippen LogP contribution in [0, 0.1) is 0 Å². The molecule has 2 aromatic carbocycles. The van der Waals surface area contributed by atoms with Crippen LogP contribution in [0.25, 0.3) is 21.8 Å². The summed E-state index contributed by atoms with van der Waals surface area (Å²) in [6, 6.07) is 15.4. The molecule has 3 heteroatoms. The average molecular weight is 279 g/mol. The number of para-hydroxylation sites is 1. The highest BCUT2D eigenvalue weighted by Gasteiger charge is 2.10. The van der Waals surface area contributed by atoms with Gasteiger partial charge in [-0.1, -0.05) is 24.3 Å². The molecule has 1 aromatic heterocycles. The maximum Gasteiger partial charge on any atom is 0.0465 e. The smallest absolute Gasteiger partial charge is 0.0465 e. The topological polar surface area (TPSA) is 31.1 Å². The Morgan fingerprint density at radius 1 is 0.905 bits per heavy atom. The second-order valence-electron chi connectivity index (χ2n) is 5.89. The van der Waals surface area contributed by atoms with Crippen molar-refractivity contribution in [1.29, 1.82) is 0 Å². The van der Waals surface area contributed by atoms with Gasteiger partial charge in [-0.05, 0) is 30.2 Å². The van der Waals surface area contributed by atoms with Crippen LogP contribution in [0.15, 0.2) is 42.5 Å². The summed E-state index contributed by atoms with van der Waals surface area (Å²) in [5.41, 5.74) is 3.90. The van der Waals surface area contributed by atoms with Crippen LogP contribution in [0.1, 0.15) is 5.56 Å². The highest BCUT2D eigenvalue weighted by Crippen LogP contribution is 2.26. The zero-order chi connectivity index (χ0) is 14.1. The molecule has 0 amide bonds. The van der Waals surface area contributed by atoms with Crippen LogP contribution in [0.3, 0.4) is 0 Å². The Hall–Kier alpha value is -1.84. The minimum atomic E-state index is 1.13. The fraction of sp³-hybridized carbons (Fsp3) is 0.333. The molecule has 3 nitrogen and oxygen atoms in total. The van der Waals surface area contributed by atoms with E-state index in [4.69, 9.17) is 0 Å². The Labute approximate surface area is 124 Å². The molecule has 1 saturated heterocycles. The monoisotopic (exact) mass is 279 g/mol. The van der Waals surface area contributed by atoms with Crippen LogP contribution in [-0.2, 0) is 6.42 Å². The summed E-state index contributed by atoms with van der Waals surface area (Å²) in [5, 5.41) is 6.09. The molecule has 3 aromatic rings. The van der Waals surface area contributed by atoms with Crippen molar-refractivity contribution in [2.75, 3.05) is 32.7 Å². The van der Waals surface area contributed by atoms with E-state index in [1.54, 1.807) is 0 Å². The largest absolute Gasteiger partial charge is 0.355 e. The lowest BCUT2D eigenvalue weighted by molar-refractivity contribution is 0.244. The van der Waals surface area contributed by atoms with E-state index in [-0.39, 0.29) is 0 Å². The van der Waals surface area contributed by atoms with Crippen molar-refractivity contribution in [2.45, 2.75) is 6.42 Å². The number of fused-ring (bicyclic) bond motifs is 3. The second-order valence-corrected chi connectivity index (χ2v) is 5.89. The van der Waals surface area contributed by atoms with Gasteiger partial charge < -0.3 is 15.2 Å². The van der Waals surface area contributed by atoms with Gasteiger partial charge >= 0.3 is 0 Å². The summed E-state index contributed by atoms with van der Waals surface area (Å²) in [7, 11) is 0. The Morgan fingerprint density at radius 3 is 2.62 bits per heavy atom. The van der Waals surface area contributed by atoms with E-state index in [2.05, 4.69) is 57.7 Å². The lowest BCUT2D eigenvalue weighted by Crippen LogP contribution is -2.44. The van der Waals surface area contributed by atoms with Gasteiger partial charge in [0.1, 0.15) is 0 Å². The van der Waals surface area contributed by atoms with Gasteiger partial charge in [0.15, 0.2) is 0 Å². The molecule has 0 unspecified atom stereocenters. The molecular weight excluding hydrogens is 258 g/mol. The first-order chi connectivity index (χ1) is 10.4. The van der Waals surface area contributed by atoms with Crippen molar-refractivity contribution >= 4 is 21.8 Å². The molecule has 0 atom stereocenters. The summed E-state index contributed by atoms with van der Waals surface area (Å²) in [5.74, 6) is 0. The van der Waals surface area contributed by atoms with Crippen molar-refractivity contribution in [3.63, 3.8) is 0 Å². The summed E-state index contributed by atoms with van der Waals surface area (Å²) in [6.45, 7) is 5.77. The predicted molar refractivity (Wildman–Crippen MR) is 88.8 cm³/mol. The molecule has 1 aliphatic heterocycles. The molecule has 108 valence electrons. The molecule has 0 bridgehead atoms. The number of H-pyrrole nitrogens is 1. The van der Waals surface area contributed by atoms with Crippen LogP contribution in [0.4, 0.5) is 0 Å². The predicted octanol–water partition coefficient (Wildman–Crippen LogP) is 2.77. The third kappa shape index (κ3) is 2.55. The number of aromatic nitrogens is 1. The molecule has 21 heavy (non-hydrogen) atoms. The SMILES string of the molecule is c1ccc2c(c1)[nH]c1ccc(CCN3CCNCC3)cc12. The lowest BCUT2D eigenvalue weighted by atomic mass is 10.1. The van der Waals surface area contributed by atoms with Gasteiger partial charge in [0.05, 0.1) is 0 Å². The molecule has 4 rings (SSSR count). The zero-order valence-electron chi connectivity index (χ0n) is 12.2. The van der Waals surface area contributed by atoms with Gasteiger partial charge in [-0.2, -0.15) is 0 Å². The summed E-state index contributed by atoms with van der Waals surface area (Å²) < 4.78 is 0. The molecule has 0 radical (unpaired) electrons. The van der Waals surface area contributed by atoms with E-state index in [0.717, 1.165) is 26.1 Å². The zero-order valence-corrected chi connectivity index (χ0v) is 12.2. The number of benzene rings is 2. The Kier molecular flexibility index (Phi) is 3.37. The standard InChI is InChI=1S/C18H21N3/c1-2-4-17-15(3-1)16-13-14(5-6-18(16)20-17)7-10-21-11-8-19-9-12-21/h1-6,13,19-20H,7-12H2. The van der Waals surface area contributed by atoms with Gasteiger partial charge in [0, 0.05) is 54.5 Å². The normalized spacial score (nSPS) is 16.8. The Balaban J connectivity index is 1.59. The quantitative estimate of drug-likeness (QED) is 0.772. The second kappa shape index (κ2) is 5.51. The van der Waals surface area contributed by atoms with Gasteiger partial charge in [0.2, 0.25) is 0 Å².